The Bertz CT molecular complexity index is 1660. The molecule has 0 aliphatic carbocycles. The zero-order valence-corrected chi connectivity index (χ0v) is 24.8. The Morgan fingerprint density at radius 3 is 2.33 bits per heavy atom. The number of aryl methyl sites for hydroxylation is 2. The highest BCUT2D eigenvalue weighted by atomic mass is 15.0. The first kappa shape index (κ1) is 29.7. The van der Waals surface area contributed by atoms with Crippen molar-refractivity contribution in [3.05, 3.63) is 132 Å². The molecule has 0 saturated carbocycles. The quantitative estimate of drug-likeness (QED) is 0.148. The number of nitrogens with one attached hydrogen (secondary N) is 4. The molecule has 6 heteroatoms. The second-order valence-corrected chi connectivity index (χ2v) is 10.1. The van der Waals surface area contributed by atoms with Crippen LogP contribution in [0.3, 0.4) is 0 Å². The molecular formula is C36H38N6. The van der Waals surface area contributed by atoms with Gasteiger partial charge in [-0.25, -0.2) is 4.98 Å². The van der Waals surface area contributed by atoms with Gasteiger partial charge in [-0.1, -0.05) is 85.5 Å². The van der Waals surface area contributed by atoms with Crippen LogP contribution in [0, 0.1) is 25.2 Å². The summed E-state index contributed by atoms with van der Waals surface area (Å²) in [4.78, 5) is 4.94. The maximum Gasteiger partial charge on any atom is 0.149 e. The van der Waals surface area contributed by atoms with Crippen LogP contribution in [0.4, 0.5) is 5.82 Å². The molecule has 4 N–H and O–H groups in total. The van der Waals surface area contributed by atoms with Crippen LogP contribution in [0.1, 0.15) is 34.2 Å². The van der Waals surface area contributed by atoms with E-state index in [1.54, 1.807) is 0 Å². The van der Waals surface area contributed by atoms with Crippen molar-refractivity contribution in [3.63, 3.8) is 0 Å². The molecule has 6 nitrogen and oxygen atoms in total. The minimum absolute atomic E-state index is 0.451. The smallest absolute Gasteiger partial charge is 0.149 e. The fourth-order valence-corrected chi connectivity index (χ4v) is 4.71. The summed E-state index contributed by atoms with van der Waals surface area (Å²) >= 11 is 0. The molecule has 0 aliphatic rings. The monoisotopic (exact) mass is 554 g/mol. The molecule has 0 atom stereocenters. The summed E-state index contributed by atoms with van der Waals surface area (Å²) in [5.74, 6) is 0.470. The van der Waals surface area contributed by atoms with E-state index in [0.717, 1.165) is 63.4 Å². The van der Waals surface area contributed by atoms with Crippen molar-refractivity contribution in [3.8, 4) is 28.5 Å². The highest BCUT2D eigenvalue weighted by Crippen LogP contribution is 2.35. The Morgan fingerprint density at radius 1 is 0.881 bits per heavy atom. The number of anilines is 1. The highest BCUT2D eigenvalue weighted by Gasteiger charge is 2.18. The van der Waals surface area contributed by atoms with Crippen molar-refractivity contribution in [2.45, 2.75) is 20.3 Å². The lowest BCUT2D eigenvalue weighted by atomic mass is 9.95. The van der Waals surface area contributed by atoms with E-state index in [1.165, 1.54) is 5.56 Å². The Kier molecular flexibility index (Phi) is 9.81. The first-order valence-electron chi connectivity index (χ1n) is 14.0. The molecule has 0 unspecified atom stereocenters. The first-order chi connectivity index (χ1) is 20.3. The average Bonchev–Trinajstić information content (AvgIpc) is 3.00. The molecule has 0 fully saturated rings. The van der Waals surface area contributed by atoms with Gasteiger partial charge in [-0.2, -0.15) is 5.26 Å². The molecule has 0 saturated heterocycles. The van der Waals surface area contributed by atoms with Crippen LogP contribution in [-0.2, 0) is 0 Å². The van der Waals surface area contributed by atoms with Crippen LogP contribution < -0.4 is 21.3 Å². The minimum atomic E-state index is 0.451. The van der Waals surface area contributed by atoms with E-state index < -0.39 is 0 Å². The van der Waals surface area contributed by atoms with Gasteiger partial charge in [0.1, 0.15) is 17.5 Å². The van der Waals surface area contributed by atoms with Gasteiger partial charge in [-0.15, -0.1) is 0 Å². The molecule has 4 rings (SSSR count). The maximum absolute atomic E-state index is 10.4. The van der Waals surface area contributed by atoms with Crippen LogP contribution in [0.5, 0.6) is 0 Å². The number of hydrogen-bond donors (Lipinski definition) is 4. The summed E-state index contributed by atoms with van der Waals surface area (Å²) in [6.07, 6.45) is 2.77. The van der Waals surface area contributed by atoms with Gasteiger partial charge < -0.3 is 21.3 Å². The van der Waals surface area contributed by atoms with Crippen molar-refractivity contribution in [2.24, 2.45) is 0 Å². The zero-order valence-electron chi connectivity index (χ0n) is 24.8. The summed E-state index contributed by atoms with van der Waals surface area (Å²) in [6, 6.07) is 28.7. The lowest BCUT2D eigenvalue weighted by molar-refractivity contribution is 0.774. The van der Waals surface area contributed by atoms with Crippen LogP contribution >= 0.6 is 0 Å². The summed E-state index contributed by atoms with van der Waals surface area (Å²) in [5, 5.41) is 23.4. The molecule has 212 valence electrons. The fourth-order valence-electron chi connectivity index (χ4n) is 4.71. The number of pyridine rings is 1. The molecule has 3 aromatic carbocycles. The molecule has 0 aliphatic heterocycles. The largest absolute Gasteiger partial charge is 0.393 e. The molecule has 4 aromatic rings. The predicted molar refractivity (Wildman–Crippen MR) is 176 cm³/mol. The number of benzene rings is 3. The van der Waals surface area contributed by atoms with Crippen molar-refractivity contribution in [1.82, 2.24) is 20.9 Å². The molecular weight excluding hydrogens is 516 g/mol. The van der Waals surface area contributed by atoms with Gasteiger partial charge in [0, 0.05) is 61.5 Å². The third kappa shape index (κ3) is 7.07. The van der Waals surface area contributed by atoms with Crippen molar-refractivity contribution in [1.29, 1.82) is 5.26 Å². The summed E-state index contributed by atoms with van der Waals surface area (Å²) in [6.45, 7) is 13.4. The van der Waals surface area contributed by atoms with Gasteiger partial charge in [-0.3, -0.25) is 0 Å². The third-order valence-corrected chi connectivity index (χ3v) is 7.12. The second kappa shape index (κ2) is 13.9. The molecule has 0 radical (unpaired) electrons. The maximum atomic E-state index is 10.4. The van der Waals surface area contributed by atoms with Crippen molar-refractivity contribution in [2.75, 3.05) is 26.0 Å². The van der Waals surface area contributed by atoms with Gasteiger partial charge in [0.2, 0.25) is 0 Å². The van der Waals surface area contributed by atoms with Gasteiger partial charge in [-0.05, 0) is 48.2 Å². The van der Waals surface area contributed by atoms with E-state index in [0.29, 0.717) is 17.1 Å². The standard InChI is InChI=1S/C36H38N6/c1-24-14-16-28(17-15-24)27(4)41-36-34(22-37)33(21-35(42-36)32-13-8-7-10-25(32)2)30-12-9-11-29(20-30)26(3)40-19-18-31(39-6)23-38-5/h7-17,20-21,23,38-40H,3-4,18-19H2,1-2,5-6H3,(H,41,42)/b31-23-. The molecule has 42 heavy (non-hydrogen) atoms. The van der Waals surface area contributed by atoms with E-state index in [2.05, 4.69) is 65.6 Å². The normalized spacial score (nSPS) is 10.9. The highest BCUT2D eigenvalue weighted by molar-refractivity contribution is 5.86. The molecule has 0 bridgehead atoms. The lowest BCUT2D eigenvalue weighted by Gasteiger charge is -2.17. The van der Waals surface area contributed by atoms with Crippen LogP contribution in [0.15, 0.2) is 104 Å². The number of aromatic nitrogens is 1. The van der Waals surface area contributed by atoms with Gasteiger partial charge >= 0.3 is 0 Å². The zero-order chi connectivity index (χ0) is 30.1. The molecule has 0 amide bonds. The average molecular weight is 555 g/mol. The van der Waals surface area contributed by atoms with E-state index in [9.17, 15) is 5.26 Å². The van der Waals surface area contributed by atoms with Gasteiger partial charge in [0.15, 0.2) is 0 Å². The van der Waals surface area contributed by atoms with E-state index >= 15 is 0 Å². The Labute approximate surface area is 249 Å². The number of rotatable bonds is 12. The Morgan fingerprint density at radius 2 is 1.64 bits per heavy atom. The van der Waals surface area contributed by atoms with Crippen LogP contribution in [-0.4, -0.2) is 25.6 Å². The summed E-state index contributed by atoms with van der Waals surface area (Å²) in [5.41, 5.74) is 10.7. The van der Waals surface area contributed by atoms with Crippen molar-refractivity contribution < 1.29 is 0 Å². The second-order valence-electron chi connectivity index (χ2n) is 10.1. The minimum Gasteiger partial charge on any atom is -0.393 e. The molecule has 1 aromatic heterocycles. The first-order valence-corrected chi connectivity index (χ1v) is 14.0. The van der Waals surface area contributed by atoms with E-state index in [4.69, 9.17) is 4.98 Å². The predicted octanol–water partition coefficient (Wildman–Crippen LogP) is 7.22. The van der Waals surface area contributed by atoms with Crippen LogP contribution in [0.2, 0.25) is 0 Å². The Balaban J connectivity index is 1.74. The molecule has 0 spiro atoms. The Hall–Kier alpha value is -5.28. The lowest BCUT2D eigenvalue weighted by Crippen LogP contribution is -2.18. The molecule has 1 heterocycles. The number of nitriles is 1. The van der Waals surface area contributed by atoms with Crippen molar-refractivity contribution >= 4 is 17.2 Å². The van der Waals surface area contributed by atoms with Gasteiger partial charge in [0.05, 0.1) is 5.69 Å². The van der Waals surface area contributed by atoms with E-state index in [1.807, 2.05) is 87.9 Å². The third-order valence-electron chi connectivity index (χ3n) is 7.12. The summed E-state index contributed by atoms with van der Waals surface area (Å²) in [7, 11) is 3.79. The fraction of sp³-hybridized carbons (Fsp3) is 0.167. The number of hydrogen-bond acceptors (Lipinski definition) is 6. The van der Waals surface area contributed by atoms with Gasteiger partial charge in [0.25, 0.3) is 0 Å². The SMILES string of the molecule is C=C(NCC/C(=C/NC)NC)c1cccc(-c2cc(-c3ccccc3C)nc(NC(=C)c3ccc(C)cc3)c2C#N)c1. The van der Waals surface area contributed by atoms with E-state index in [-0.39, 0.29) is 0 Å². The van der Waals surface area contributed by atoms with Crippen LogP contribution in [0.25, 0.3) is 33.8 Å². The number of nitrogens with zero attached hydrogens (tertiary/aromatic N) is 2. The topological polar surface area (TPSA) is 84.8 Å². The summed E-state index contributed by atoms with van der Waals surface area (Å²) < 4.78 is 0.